The predicted octanol–water partition coefficient (Wildman–Crippen LogP) is 4.52. The summed E-state index contributed by atoms with van der Waals surface area (Å²) in [5.41, 5.74) is 1.34. The summed E-state index contributed by atoms with van der Waals surface area (Å²) >= 11 is 12.4. The molecular formula is C16H24Cl2N2. The largest absolute Gasteiger partial charge is 0.309 e. The number of rotatable bonds is 3. The zero-order valence-electron chi connectivity index (χ0n) is 12.7. The topological polar surface area (TPSA) is 15.3 Å². The highest BCUT2D eigenvalue weighted by atomic mass is 35.5. The molecule has 1 aliphatic heterocycles. The maximum Gasteiger partial charge on any atom is 0.0468 e. The van der Waals surface area contributed by atoms with Gasteiger partial charge in [-0.15, -0.1) is 0 Å². The van der Waals surface area contributed by atoms with Crippen molar-refractivity contribution in [2.24, 2.45) is 0 Å². The van der Waals surface area contributed by atoms with Gasteiger partial charge in [0.05, 0.1) is 0 Å². The van der Waals surface area contributed by atoms with E-state index in [0.717, 1.165) is 30.1 Å². The van der Waals surface area contributed by atoms with E-state index in [1.165, 1.54) is 0 Å². The van der Waals surface area contributed by atoms with E-state index in [1.807, 2.05) is 18.2 Å². The molecule has 2 nitrogen and oxygen atoms in total. The number of nitrogens with zero attached hydrogens (tertiary/aromatic N) is 1. The number of hydrogen-bond donors (Lipinski definition) is 1. The van der Waals surface area contributed by atoms with Gasteiger partial charge in [-0.25, -0.2) is 0 Å². The summed E-state index contributed by atoms with van der Waals surface area (Å²) < 4.78 is 0. The van der Waals surface area contributed by atoms with Crippen LogP contribution < -0.4 is 5.32 Å². The molecule has 1 N–H and O–H groups in total. The number of hydrogen-bond acceptors (Lipinski definition) is 2. The lowest BCUT2D eigenvalue weighted by Gasteiger charge is -2.47. The maximum absolute atomic E-state index is 6.37. The molecule has 1 heterocycles. The lowest BCUT2D eigenvalue weighted by Crippen LogP contribution is -2.62. The van der Waals surface area contributed by atoms with Gasteiger partial charge < -0.3 is 5.32 Å². The Kier molecular flexibility index (Phi) is 5.01. The Morgan fingerprint density at radius 2 is 2.15 bits per heavy atom. The second kappa shape index (κ2) is 6.23. The molecule has 0 spiro atoms. The van der Waals surface area contributed by atoms with Crippen LogP contribution in [0.5, 0.6) is 0 Å². The summed E-state index contributed by atoms with van der Waals surface area (Å²) in [6, 6.07) is 6.60. The van der Waals surface area contributed by atoms with Crippen molar-refractivity contribution in [3.63, 3.8) is 0 Å². The van der Waals surface area contributed by atoms with Crippen molar-refractivity contribution in [3.8, 4) is 0 Å². The van der Waals surface area contributed by atoms with Gasteiger partial charge in [0.15, 0.2) is 0 Å². The van der Waals surface area contributed by atoms with E-state index in [9.17, 15) is 0 Å². The van der Waals surface area contributed by atoms with Gasteiger partial charge in [0, 0.05) is 40.8 Å². The van der Waals surface area contributed by atoms with Gasteiger partial charge in [-0.2, -0.15) is 0 Å². The standard InChI is InChI=1S/C16H24Cl2N2/c1-5-16(4)10-20(11(2)9-19-16)12(3)14-7-6-13(17)8-15(14)18/h6-8,11-12,19H,5,9-10H2,1-4H3. The van der Waals surface area contributed by atoms with Crippen molar-refractivity contribution in [1.82, 2.24) is 10.2 Å². The second-order valence-corrected chi connectivity index (χ2v) is 7.00. The molecule has 0 aliphatic carbocycles. The molecule has 1 aliphatic rings. The first-order valence-corrected chi connectivity index (χ1v) is 8.07. The van der Waals surface area contributed by atoms with Crippen molar-refractivity contribution < 1.29 is 0 Å². The zero-order chi connectivity index (χ0) is 14.9. The average Bonchev–Trinajstić information content (AvgIpc) is 2.41. The first kappa shape index (κ1) is 16.1. The summed E-state index contributed by atoms with van der Waals surface area (Å²) in [7, 11) is 0. The molecule has 112 valence electrons. The van der Waals surface area contributed by atoms with Crippen molar-refractivity contribution >= 4 is 23.2 Å². The summed E-state index contributed by atoms with van der Waals surface area (Å²) in [6.07, 6.45) is 1.12. The molecule has 0 amide bonds. The van der Waals surface area contributed by atoms with Crippen LogP contribution >= 0.6 is 23.2 Å². The normalized spacial score (nSPS) is 29.4. The van der Waals surface area contributed by atoms with Crippen molar-refractivity contribution in [2.45, 2.75) is 51.7 Å². The zero-order valence-corrected chi connectivity index (χ0v) is 14.2. The summed E-state index contributed by atoms with van der Waals surface area (Å²) in [4.78, 5) is 2.54. The fourth-order valence-corrected chi connectivity index (χ4v) is 3.47. The molecule has 0 bridgehead atoms. The van der Waals surface area contributed by atoms with Crippen LogP contribution in [0.1, 0.15) is 45.7 Å². The Morgan fingerprint density at radius 1 is 1.45 bits per heavy atom. The highest BCUT2D eigenvalue weighted by Gasteiger charge is 2.35. The molecule has 3 unspecified atom stereocenters. The van der Waals surface area contributed by atoms with Crippen LogP contribution in [0.3, 0.4) is 0 Å². The van der Waals surface area contributed by atoms with Crippen molar-refractivity contribution in [3.05, 3.63) is 33.8 Å². The van der Waals surface area contributed by atoms with Gasteiger partial charge in [0.1, 0.15) is 0 Å². The van der Waals surface area contributed by atoms with Crippen LogP contribution in [0, 0.1) is 0 Å². The van der Waals surface area contributed by atoms with Crippen molar-refractivity contribution in [1.29, 1.82) is 0 Å². The quantitative estimate of drug-likeness (QED) is 0.882. The smallest absolute Gasteiger partial charge is 0.0468 e. The molecule has 20 heavy (non-hydrogen) atoms. The Morgan fingerprint density at radius 3 is 2.75 bits per heavy atom. The van der Waals surface area contributed by atoms with Crippen LogP contribution in [-0.2, 0) is 0 Å². The molecule has 1 saturated heterocycles. The monoisotopic (exact) mass is 314 g/mol. The number of piperazine rings is 1. The van der Waals surface area contributed by atoms with Crippen LogP contribution in [0.25, 0.3) is 0 Å². The molecule has 0 radical (unpaired) electrons. The molecule has 2 rings (SSSR count). The van der Waals surface area contributed by atoms with Crippen LogP contribution in [0.15, 0.2) is 18.2 Å². The van der Waals surface area contributed by atoms with Crippen LogP contribution in [-0.4, -0.2) is 29.6 Å². The van der Waals surface area contributed by atoms with Gasteiger partial charge in [0.2, 0.25) is 0 Å². The van der Waals surface area contributed by atoms with Gasteiger partial charge in [-0.05, 0) is 44.9 Å². The lowest BCUT2D eigenvalue weighted by atomic mass is 9.91. The highest BCUT2D eigenvalue weighted by Crippen LogP contribution is 2.33. The highest BCUT2D eigenvalue weighted by molar-refractivity contribution is 6.35. The predicted molar refractivity (Wildman–Crippen MR) is 87.7 cm³/mol. The number of benzene rings is 1. The Hall–Kier alpha value is -0.280. The summed E-state index contributed by atoms with van der Waals surface area (Å²) in [6.45, 7) is 11.1. The molecule has 0 aromatic heterocycles. The molecule has 3 atom stereocenters. The third kappa shape index (κ3) is 3.30. The Balaban J connectivity index is 2.24. The van der Waals surface area contributed by atoms with E-state index < -0.39 is 0 Å². The lowest BCUT2D eigenvalue weighted by molar-refractivity contribution is 0.0597. The minimum absolute atomic E-state index is 0.180. The van der Waals surface area contributed by atoms with Gasteiger partial charge in [-0.1, -0.05) is 36.2 Å². The number of nitrogens with one attached hydrogen (secondary N) is 1. The van der Waals surface area contributed by atoms with E-state index in [2.05, 4.69) is 37.9 Å². The fourth-order valence-electron chi connectivity index (χ4n) is 2.90. The Labute approximate surface area is 132 Å². The minimum Gasteiger partial charge on any atom is -0.309 e. The van der Waals surface area contributed by atoms with E-state index in [1.54, 1.807) is 0 Å². The van der Waals surface area contributed by atoms with Crippen LogP contribution in [0.4, 0.5) is 0 Å². The Bertz CT molecular complexity index is 478. The first-order valence-electron chi connectivity index (χ1n) is 7.32. The molecule has 0 saturated carbocycles. The van der Waals surface area contributed by atoms with Crippen LogP contribution in [0.2, 0.25) is 10.0 Å². The molecule has 4 heteroatoms. The van der Waals surface area contributed by atoms with E-state index >= 15 is 0 Å². The van der Waals surface area contributed by atoms with Gasteiger partial charge >= 0.3 is 0 Å². The molecular weight excluding hydrogens is 291 g/mol. The summed E-state index contributed by atoms with van der Waals surface area (Å²) in [5.74, 6) is 0. The maximum atomic E-state index is 6.37. The van der Waals surface area contributed by atoms with E-state index in [4.69, 9.17) is 23.2 Å². The van der Waals surface area contributed by atoms with Gasteiger partial charge in [-0.3, -0.25) is 4.90 Å². The number of halogens is 2. The average molecular weight is 315 g/mol. The van der Waals surface area contributed by atoms with Crippen molar-refractivity contribution in [2.75, 3.05) is 13.1 Å². The van der Waals surface area contributed by atoms with E-state index in [0.29, 0.717) is 17.1 Å². The minimum atomic E-state index is 0.180. The van der Waals surface area contributed by atoms with E-state index in [-0.39, 0.29) is 5.54 Å². The fraction of sp³-hybridized carbons (Fsp3) is 0.625. The molecule has 1 aromatic carbocycles. The third-order valence-electron chi connectivity index (χ3n) is 4.61. The van der Waals surface area contributed by atoms with Gasteiger partial charge in [0.25, 0.3) is 0 Å². The second-order valence-electron chi connectivity index (χ2n) is 6.16. The third-order valence-corrected chi connectivity index (χ3v) is 5.17. The SMILES string of the molecule is CCC1(C)CN(C(C)c2ccc(Cl)cc2Cl)C(C)CN1. The molecule has 1 aromatic rings. The molecule has 1 fully saturated rings. The summed E-state index contributed by atoms with van der Waals surface area (Å²) in [5, 5.41) is 5.11. The first-order chi connectivity index (χ1) is 9.36.